The number of thioether (sulfide) groups is 1. The normalized spacial score (nSPS) is 11.8. The third-order valence-corrected chi connectivity index (χ3v) is 6.95. The molecule has 1 aromatic carbocycles. The molecule has 0 aliphatic heterocycles. The second-order valence-electron chi connectivity index (χ2n) is 5.25. The molecule has 0 amide bonds. The van der Waals surface area contributed by atoms with Gasteiger partial charge >= 0.3 is 0 Å². The van der Waals surface area contributed by atoms with Crippen LogP contribution >= 0.6 is 11.8 Å². The van der Waals surface area contributed by atoms with Gasteiger partial charge in [0.25, 0.3) is 0 Å². The fourth-order valence-corrected chi connectivity index (χ4v) is 4.12. The zero-order valence-corrected chi connectivity index (χ0v) is 12.0. The van der Waals surface area contributed by atoms with Crippen molar-refractivity contribution < 1.29 is 5.11 Å². The van der Waals surface area contributed by atoms with Gasteiger partial charge in [-0.1, -0.05) is 19.6 Å². The van der Waals surface area contributed by atoms with E-state index in [1.165, 1.54) is 15.8 Å². The lowest BCUT2D eigenvalue weighted by Gasteiger charge is -2.16. The van der Waals surface area contributed by atoms with Gasteiger partial charge in [0.2, 0.25) is 0 Å². The second kappa shape index (κ2) is 4.62. The molecule has 0 unspecified atom stereocenters. The summed E-state index contributed by atoms with van der Waals surface area (Å²) in [5, 5.41) is 10.8. The maximum absolute atomic E-state index is 9.55. The molecule has 0 bridgehead atoms. The van der Waals surface area contributed by atoms with Gasteiger partial charge in [-0.05, 0) is 42.5 Å². The highest BCUT2D eigenvalue weighted by atomic mass is 32.2. The molecular weight excluding hydrogens is 220 g/mol. The first-order valence-corrected chi connectivity index (χ1v) is 9.92. The molecule has 0 radical (unpaired) electrons. The smallest absolute Gasteiger partial charge is 0.118 e. The summed E-state index contributed by atoms with van der Waals surface area (Å²) in [7, 11) is -0.993. The highest BCUT2D eigenvalue weighted by Gasteiger charge is 2.14. The molecule has 0 aliphatic carbocycles. The summed E-state index contributed by atoms with van der Waals surface area (Å²) >= 11 is 1.93. The minimum Gasteiger partial charge on any atom is -0.508 e. The monoisotopic (exact) mass is 240 g/mol. The van der Waals surface area contributed by atoms with Crippen LogP contribution < -0.4 is 0 Å². The Labute approximate surface area is 97.9 Å². The van der Waals surface area contributed by atoms with E-state index in [0.29, 0.717) is 5.75 Å². The number of aryl methyl sites for hydroxylation is 2. The standard InChI is InChI=1S/C12H20OSSi/c1-9-7-12(10(2)6-11(9)13)14-8-15(3,4)5/h6-7,13H,8H2,1-5H3. The summed E-state index contributed by atoms with van der Waals surface area (Å²) in [5.74, 6) is 0.407. The lowest BCUT2D eigenvalue weighted by molar-refractivity contribution is 0.470. The molecule has 84 valence electrons. The number of hydrogen-bond acceptors (Lipinski definition) is 2. The highest BCUT2D eigenvalue weighted by Crippen LogP contribution is 2.30. The zero-order valence-electron chi connectivity index (χ0n) is 10.2. The number of phenolic OH excluding ortho intramolecular Hbond substituents is 1. The van der Waals surface area contributed by atoms with Crippen LogP contribution in [0.3, 0.4) is 0 Å². The van der Waals surface area contributed by atoms with E-state index in [9.17, 15) is 5.11 Å². The predicted molar refractivity (Wildman–Crippen MR) is 71.7 cm³/mol. The molecule has 1 rings (SSSR count). The van der Waals surface area contributed by atoms with E-state index in [4.69, 9.17) is 0 Å². The first-order chi connectivity index (χ1) is 6.79. The van der Waals surface area contributed by atoms with Crippen molar-refractivity contribution in [3.8, 4) is 5.75 Å². The van der Waals surface area contributed by atoms with E-state index in [1.807, 2.05) is 24.8 Å². The molecule has 0 aromatic heterocycles. The quantitative estimate of drug-likeness (QED) is 0.637. The van der Waals surface area contributed by atoms with Crippen LogP contribution in [-0.2, 0) is 0 Å². The van der Waals surface area contributed by atoms with Gasteiger partial charge in [0.1, 0.15) is 5.75 Å². The average Bonchev–Trinajstić information content (AvgIpc) is 2.07. The molecular formula is C12H20OSSi. The Morgan fingerprint density at radius 1 is 1.13 bits per heavy atom. The lowest BCUT2D eigenvalue weighted by Crippen LogP contribution is -2.23. The van der Waals surface area contributed by atoms with Crippen molar-refractivity contribution in [3.63, 3.8) is 0 Å². The van der Waals surface area contributed by atoms with Gasteiger partial charge in [0.05, 0.1) is 8.07 Å². The van der Waals surface area contributed by atoms with Crippen LogP contribution in [0.5, 0.6) is 5.75 Å². The van der Waals surface area contributed by atoms with Crippen LogP contribution in [0.2, 0.25) is 19.6 Å². The van der Waals surface area contributed by atoms with Crippen molar-refractivity contribution in [1.82, 2.24) is 0 Å². The van der Waals surface area contributed by atoms with E-state index in [-0.39, 0.29) is 0 Å². The van der Waals surface area contributed by atoms with E-state index < -0.39 is 8.07 Å². The van der Waals surface area contributed by atoms with Gasteiger partial charge in [-0.25, -0.2) is 0 Å². The molecule has 1 aromatic rings. The minimum absolute atomic E-state index is 0.407. The van der Waals surface area contributed by atoms with Crippen LogP contribution in [0.25, 0.3) is 0 Å². The number of phenols is 1. The molecule has 0 spiro atoms. The van der Waals surface area contributed by atoms with Gasteiger partial charge in [0.15, 0.2) is 0 Å². The Balaban J connectivity index is 2.82. The maximum Gasteiger partial charge on any atom is 0.118 e. The summed E-state index contributed by atoms with van der Waals surface area (Å²) in [6, 6.07) is 3.96. The van der Waals surface area contributed by atoms with Crippen molar-refractivity contribution in [3.05, 3.63) is 23.3 Å². The Morgan fingerprint density at radius 3 is 2.27 bits per heavy atom. The van der Waals surface area contributed by atoms with Crippen molar-refractivity contribution in [2.75, 3.05) is 5.38 Å². The SMILES string of the molecule is Cc1cc(SC[Si](C)(C)C)c(C)cc1O. The molecule has 15 heavy (non-hydrogen) atoms. The van der Waals surface area contributed by atoms with Crippen LogP contribution in [0.15, 0.2) is 17.0 Å². The topological polar surface area (TPSA) is 20.2 Å². The Hall–Kier alpha value is -0.413. The van der Waals surface area contributed by atoms with E-state index >= 15 is 0 Å². The summed E-state index contributed by atoms with van der Waals surface area (Å²) < 4.78 is 0. The van der Waals surface area contributed by atoms with Crippen LogP contribution in [0.4, 0.5) is 0 Å². The van der Waals surface area contributed by atoms with Gasteiger partial charge in [-0.2, -0.15) is 0 Å². The molecule has 0 heterocycles. The first kappa shape index (κ1) is 12.7. The molecule has 0 aliphatic rings. The molecule has 1 N–H and O–H groups in total. The molecule has 0 atom stereocenters. The fraction of sp³-hybridized carbons (Fsp3) is 0.500. The zero-order chi connectivity index (χ0) is 11.6. The number of hydrogen-bond donors (Lipinski definition) is 1. The number of rotatable bonds is 3. The van der Waals surface area contributed by atoms with Gasteiger partial charge in [-0.3, -0.25) is 0 Å². The van der Waals surface area contributed by atoms with Crippen LogP contribution in [-0.4, -0.2) is 18.6 Å². The molecule has 0 fully saturated rings. The van der Waals surface area contributed by atoms with Gasteiger partial charge in [0, 0.05) is 4.90 Å². The first-order valence-electron chi connectivity index (χ1n) is 5.22. The lowest BCUT2D eigenvalue weighted by atomic mass is 10.1. The Bertz CT molecular complexity index is 355. The third kappa shape index (κ3) is 3.91. The van der Waals surface area contributed by atoms with Gasteiger partial charge < -0.3 is 5.11 Å². The van der Waals surface area contributed by atoms with Crippen molar-refractivity contribution in [1.29, 1.82) is 0 Å². The van der Waals surface area contributed by atoms with Crippen molar-refractivity contribution >= 4 is 19.8 Å². The van der Waals surface area contributed by atoms with Gasteiger partial charge in [-0.15, -0.1) is 11.8 Å². The molecule has 1 nitrogen and oxygen atoms in total. The molecule has 0 saturated carbocycles. The fourth-order valence-electron chi connectivity index (χ4n) is 1.22. The maximum atomic E-state index is 9.55. The summed E-state index contributed by atoms with van der Waals surface area (Å²) in [6.45, 7) is 11.1. The summed E-state index contributed by atoms with van der Waals surface area (Å²) in [5.41, 5.74) is 2.15. The average molecular weight is 240 g/mol. The summed E-state index contributed by atoms with van der Waals surface area (Å²) in [4.78, 5) is 1.31. The van der Waals surface area contributed by atoms with Crippen molar-refractivity contribution in [2.24, 2.45) is 0 Å². The minimum atomic E-state index is -0.993. The Morgan fingerprint density at radius 2 is 1.73 bits per heavy atom. The van der Waals surface area contributed by atoms with E-state index in [2.05, 4.69) is 32.6 Å². The third-order valence-electron chi connectivity index (χ3n) is 2.15. The van der Waals surface area contributed by atoms with E-state index in [0.717, 1.165) is 5.56 Å². The Kier molecular flexibility index (Phi) is 3.90. The van der Waals surface area contributed by atoms with E-state index in [1.54, 1.807) is 0 Å². The number of aromatic hydroxyl groups is 1. The van der Waals surface area contributed by atoms with Crippen molar-refractivity contribution in [2.45, 2.75) is 38.4 Å². The number of benzene rings is 1. The largest absolute Gasteiger partial charge is 0.508 e. The predicted octanol–water partition coefficient (Wildman–Crippen LogP) is 3.98. The second-order valence-corrected chi connectivity index (χ2v) is 12.3. The van der Waals surface area contributed by atoms with Crippen LogP contribution in [0.1, 0.15) is 11.1 Å². The molecule has 3 heteroatoms. The highest BCUT2D eigenvalue weighted by molar-refractivity contribution is 8.01. The summed E-state index contributed by atoms with van der Waals surface area (Å²) in [6.07, 6.45) is 0. The van der Waals surface area contributed by atoms with Crippen LogP contribution in [0, 0.1) is 13.8 Å². The molecule has 0 saturated heterocycles.